The maximum atomic E-state index is 13.0. The fraction of sp³-hybridized carbons (Fsp3) is 0.308. The third-order valence-corrected chi connectivity index (χ3v) is 6.10. The first kappa shape index (κ1) is 21.3. The zero-order valence-corrected chi connectivity index (χ0v) is 18.9. The maximum absolute atomic E-state index is 13.0. The average molecular weight is 442 g/mol. The first-order valence-electron chi connectivity index (χ1n) is 11.3. The Kier molecular flexibility index (Phi) is 5.88. The molecule has 1 saturated heterocycles. The van der Waals surface area contributed by atoms with E-state index in [0.717, 1.165) is 53.8 Å². The molecule has 0 amide bonds. The topological polar surface area (TPSA) is 73.1 Å². The summed E-state index contributed by atoms with van der Waals surface area (Å²) in [6.45, 7) is 2.07. The Morgan fingerprint density at radius 3 is 2.73 bits per heavy atom. The molecule has 7 heteroatoms. The molecule has 7 nitrogen and oxygen atoms in total. The van der Waals surface area contributed by atoms with Gasteiger partial charge in [-0.05, 0) is 50.2 Å². The van der Waals surface area contributed by atoms with Gasteiger partial charge in [-0.2, -0.15) is 5.10 Å². The van der Waals surface area contributed by atoms with Gasteiger partial charge in [-0.1, -0.05) is 12.1 Å². The number of ketones is 1. The molecule has 0 spiro atoms. The van der Waals surface area contributed by atoms with Crippen LogP contribution in [-0.4, -0.2) is 56.7 Å². The summed E-state index contributed by atoms with van der Waals surface area (Å²) >= 11 is 0. The second kappa shape index (κ2) is 9.11. The number of benzene rings is 1. The SMILES string of the molecule is CN1CCC(Oc2cccc(C(=O)Cc3cc4nc(-c5cnn(C)c5)ccc4cn3)c2)CC1. The van der Waals surface area contributed by atoms with E-state index in [0.29, 0.717) is 11.3 Å². The van der Waals surface area contributed by atoms with Crippen LogP contribution in [0.25, 0.3) is 22.2 Å². The zero-order valence-electron chi connectivity index (χ0n) is 18.9. The number of aromatic nitrogens is 4. The van der Waals surface area contributed by atoms with Gasteiger partial charge in [0.15, 0.2) is 5.78 Å². The van der Waals surface area contributed by atoms with Crippen molar-refractivity contribution in [2.45, 2.75) is 25.4 Å². The molecule has 4 heterocycles. The summed E-state index contributed by atoms with van der Waals surface area (Å²) in [6.07, 6.45) is 7.92. The molecule has 168 valence electrons. The molecule has 0 atom stereocenters. The highest BCUT2D eigenvalue weighted by atomic mass is 16.5. The number of hydrogen-bond acceptors (Lipinski definition) is 6. The van der Waals surface area contributed by atoms with Crippen LogP contribution in [0, 0.1) is 0 Å². The number of piperidine rings is 1. The van der Waals surface area contributed by atoms with E-state index in [1.54, 1.807) is 17.1 Å². The summed E-state index contributed by atoms with van der Waals surface area (Å²) < 4.78 is 7.90. The molecule has 0 unspecified atom stereocenters. The van der Waals surface area contributed by atoms with E-state index in [1.807, 2.05) is 55.7 Å². The molecule has 33 heavy (non-hydrogen) atoms. The lowest BCUT2D eigenvalue weighted by atomic mass is 10.0. The highest BCUT2D eigenvalue weighted by Gasteiger charge is 2.18. The number of likely N-dealkylation sites (tertiary alicyclic amines) is 1. The van der Waals surface area contributed by atoms with E-state index in [4.69, 9.17) is 9.72 Å². The van der Waals surface area contributed by atoms with Gasteiger partial charge in [-0.25, -0.2) is 4.98 Å². The quantitative estimate of drug-likeness (QED) is 0.422. The lowest BCUT2D eigenvalue weighted by molar-refractivity contribution is 0.0988. The number of pyridine rings is 2. The lowest BCUT2D eigenvalue weighted by Gasteiger charge is -2.29. The number of fused-ring (bicyclic) bond motifs is 1. The van der Waals surface area contributed by atoms with Gasteiger partial charge in [0, 0.05) is 49.0 Å². The number of ether oxygens (including phenoxy) is 1. The predicted molar refractivity (Wildman–Crippen MR) is 127 cm³/mol. The van der Waals surface area contributed by atoms with Crippen LogP contribution in [0.5, 0.6) is 5.75 Å². The Bertz CT molecular complexity index is 1290. The van der Waals surface area contributed by atoms with Crippen molar-refractivity contribution in [3.05, 3.63) is 72.3 Å². The Balaban J connectivity index is 1.31. The minimum absolute atomic E-state index is 0.0130. The Morgan fingerprint density at radius 2 is 1.94 bits per heavy atom. The fourth-order valence-electron chi connectivity index (χ4n) is 4.17. The Hall–Kier alpha value is -3.58. The molecule has 1 aromatic carbocycles. The number of nitrogens with zero attached hydrogens (tertiary/aromatic N) is 5. The highest BCUT2D eigenvalue weighted by molar-refractivity contribution is 5.98. The molecule has 1 aliphatic rings. The van der Waals surface area contributed by atoms with E-state index >= 15 is 0 Å². The van der Waals surface area contributed by atoms with E-state index in [-0.39, 0.29) is 18.3 Å². The highest BCUT2D eigenvalue weighted by Crippen LogP contribution is 2.23. The van der Waals surface area contributed by atoms with Crippen molar-refractivity contribution in [2.75, 3.05) is 20.1 Å². The second-order valence-corrected chi connectivity index (χ2v) is 8.72. The Labute approximate surface area is 193 Å². The molecule has 0 saturated carbocycles. The Morgan fingerprint density at radius 1 is 1.09 bits per heavy atom. The van der Waals surface area contributed by atoms with Gasteiger partial charge in [0.25, 0.3) is 0 Å². The van der Waals surface area contributed by atoms with Gasteiger partial charge in [0.1, 0.15) is 11.9 Å². The molecule has 3 aromatic heterocycles. The van der Waals surface area contributed by atoms with Crippen LogP contribution in [0.2, 0.25) is 0 Å². The van der Waals surface area contributed by atoms with Crippen LogP contribution in [0.4, 0.5) is 0 Å². The molecule has 1 aliphatic heterocycles. The average Bonchev–Trinajstić information content (AvgIpc) is 3.26. The second-order valence-electron chi connectivity index (χ2n) is 8.72. The molecule has 0 N–H and O–H groups in total. The predicted octanol–water partition coefficient (Wildman–Crippen LogP) is 3.93. The summed E-state index contributed by atoms with van der Waals surface area (Å²) in [5.41, 5.74) is 3.95. The van der Waals surface area contributed by atoms with E-state index in [1.165, 1.54) is 0 Å². The number of aryl methyl sites for hydroxylation is 1. The smallest absolute Gasteiger partial charge is 0.168 e. The lowest BCUT2D eigenvalue weighted by Crippen LogP contribution is -2.35. The van der Waals surface area contributed by atoms with Crippen LogP contribution in [0.3, 0.4) is 0 Å². The fourth-order valence-corrected chi connectivity index (χ4v) is 4.17. The molecular weight excluding hydrogens is 414 g/mol. The summed E-state index contributed by atoms with van der Waals surface area (Å²) in [5, 5.41) is 5.16. The van der Waals surface area contributed by atoms with E-state index in [2.05, 4.69) is 22.0 Å². The van der Waals surface area contributed by atoms with Gasteiger partial charge in [0.2, 0.25) is 0 Å². The molecule has 4 aromatic rings. The van der Waals surface area contributed by atoms with Crippen molar-refractivity contribution < 1.29 is 9.53 Å². The normalized spacial score (nSPS) is 15.1. The van der Waals surface area contributed by atoms with Crippen molar-refractivity contribution in [1.82, 2.24) is 24.6 Å². The van der Waals surface area contributed by atoms with Gasteiger partial charge in [0.05, 0.1) is 29.5 Å². The first-order chi connectivity index (χ1) is 16.0. The molecule has 0 bridgehead atoms. The van der Waals surface area contributed by atoms with Crippen LogP contribution >= 0.6 is 0 Å². The van der Waals surface area contributed by atoms with Gasteiger partial charge in [-0.3, -0.25) is 14.5 Å². The van der Waals surface area contributed by atoms with Gasteiger partial charge in [-0.15, -0.1) is 0 Å². The minimum atomic E-state index is 0.0130. The number of carbonyl (C=O) groups excluding carboxylic acids is 1. The monoisotopic (exact) mass is 441 g/mol. The number of carbonyl (C=O) groups is 1. The summed E-state index contributed by atoms with van der Waals surface area (Å²) in [6, 6.07) is 13.3. The first-order valence-corrected chi connectivity index (χ1v) is 11.3. The van der Waals surface area contributed by atoms with Crippen LogP contribution in [-0.2, 0) is 13.5 Å². The maximum Gasteiger partial charge on any atom is 0.168 e. The molecule has 0 radical (unpaired) electrons. The largest absolute Gasteiger partial charge is 0.490 e. The summed E-state index contributed by atoms with van der Waals surface area (Å²) in [4.78, 5) is 24.6. The third-order valence-electron chi connectivity index (χ3n) is 6.10. The standard InChI is InChI=1S/C26H27N5O2/c1-30-10-8-22(9-11-30)33-23-5-3-4-18(12-23)26(32)14-21-13-25-19(15-27-21)6-7-24(29-25)20-16-28-31(2)17-20/h3-7,12-13,15-17,22H,8-11,14H2,1-2H3. The molecule has 1 fully saturated rings. The molecular formula is C26H27N5O2. The van der Waals surface area contributed by atoms with Gasteiger partial charge < -0.3 is 9.64 Å². The minimum Gasteiger partial charge on any atom is -0.490 e. The van der Waals surface area contributed by atoms with Crippen molar-refractivity contribution in [1.29, 1.82) is 0 Å². The zero-order chi connectivity index (χ0) is 22.8. The van der Waals surface area contributed by atoms with Crippen LogP contribution in [0.15, 0.2) is 61.1 Å². The van der Waals surface area contributed by atoms with E-state index in [9.17, 15) is 4.79 Å². The van der Waals surface area contributed by atoms with Crippen LogP contribution < -0.4 is 4.74 Å². The third kappa shape index (κ3) is 4.93. The molecule has 5 rings (SSSR count). The number of hydrogen-bond donors (Lipinski definition) is 0. The van der Waals surface area contributed by atoms with Crippen molar-refractivity contribution in [2.24, 2.45) is 7.05 Å². The van der Waals surface area contributed by atoms with Crippen molar-refractivity contribution in [3.8, 4) is 17.0 Å². The molecule has 0 aliphatic carbocycles. The summed E-state index contributed by atoms with van der Waals surface area (Å²) in [7, 11) is 4.01. The number of rotatable bonds is 6. The van der Waals surface area contributed by atoms with Gasteiger partial charge >= 0.3 is 0 Å². The van der Waals surface area contributed by atoms with E-state index < -0.39 is 0 Å². The van der Waals surface area contributed by atoms with Crippen molar-refractivity contribution in [3.63, 3.8) is 0 Å². The van der Waals surface area contributed by atoms with Crippen molar-refractivity contribution >= 4 is 16.7 Å². The number of Topliss-reactive ketones (excluding diaryl/α,β-unsaturated/α-hetero) is 1. The summed E-state index contributed by atoms with van der Waals surface area (Å²) in [5.74, 6) is 0.767. The van der Waals surface area contributed by atoms with Crippen LogP contribution in [0.1, 0.15) is 28.9 Å².